The highest BCUT2D eigenvalue weighted by molar-refractivity contribution is 5.95. The molecule has 4 aromatic heterocycles. The van der Waals surface area contributed by atoms with E-state index in [-0.39, 0.29) is 46.4 Å². The van der Waals surface area contributed by atoms with Gasteiger partial charge in [0.2, 0.25) is 29.4 Å². The lowest BCUT2D eigenvalue weighted by molar-refractivity contribution is 0.0687. The summed E-state index contributed by atoms with van der Waals surface area (Å²) in [4.78, 5) is 40.7. The fourth-order valence-electron chi connectivity index (χ4n) is 6.42. The number of piperidine rings is 2. The van der Waals surface area contributed by atoms with Crippen molar-refractivity contribution in [2.24, 2.45) is 0 Å². The fourth-order valence-corrected chi connectivity index (χ4v) is 6.42. The topological polar surface area (TPSA) is 157 Å². The molecule has 17 heteroatoms. The first kappa shape index (κ1) is 36.1. The van der Waals surface area contributed by atoms with Crippen LogP contribution in [0.25, 0.3) is 22.8 Å². The van der Waals surface area contributed by atoms with E-state index in [1.165, 1.54) is 30.6 Å². The van der Waals surface area contributed by atoms with Crippen molar-refractivity contribution in [3.63, 3.8) is 0 Å². The van der Waals surface area contributed by atoms with Crippen molar-refractivity contribution in [1.29, 1.82) is 0 Å². The fraction of sp³-hybridized carbons (Fsp3) is 0.297. The Kier molecular flexibility index (Phi) is 10.5. The third-order valence-corrected chi connectivity index (χ3v) is 9.24. The van der Waals surface area contributed by atoms with E-state index in [9.17, 15) is 27.2 Å². The van der Waals surface area contributed by atoms with Crippen LogP contribution in [0.5, 0.6) is 0 Å². The van der Waals surface area contributed by atoms with Crippen molar-refractivity contribution < 1.29 is 40.7 Å². The number of likely N-dealkylation sites (tertiary alicyclic amines) is 2. The number of hydrogen-bond acceptors (Lipinski definition) is 11. The summed E-state index contributed by atoms with van der Waals surface area (Å²) < 4.78 is 69.4. The summed E-state index contributed by atoms with van der Waals surface area (Å²) in [5.74, 6) is -1.75. The van der Waals surface area contributed by atoms with E-state index in [2.05, 4.69) is 30.4 Å². The van der Waals surface area contributed by atoms with Crippen molar-refractivity contribution in [3.05, 3.63) is 119 Å². The zero-order valence-corrected chi connectivity index (χ0v) is 28.8. The smallest absolute Gasteiger partial charge is 0.259 e. The van der Waals surface area contributed by atoms with E-state index < -0.39 is 23.4 Å². The van der Waals surface area contributed by atoms with Gasteiger partial charge in [-0.15, -0.1) is 0 Å². The molecule has 0 bridgehead atoms. The molecular weight excluding hydrogens is 712 g/mol. The Labute approximate surface area is 305 Å². The monoisotopic (exact) mass is 744 g/mol. The van der Waals surface area contributed by atoms with Crippen LogP contribution in [0.15, 0.2) is 80.6 Å². The maximum atomic E-state index is 13.9. The molecular formula is C37H32F4N8O5. The van der Waals surface area contributed by atoms with Crippen molar-refractivity contribution in [2.45, 2.75) is 44.4 Å². The summed E-state index contributed by atoms with van der Waals surface area (Å²) in [6.45, 7) is 3.67. The Bertz CT molecular complexity index is 2260. The molecule has 0 aliphatic carbocycles. The number of amides is 2. The first-order chi connectivity index (χ1) is 26.1. The van der Waals surface area contributed by atoms with Gasteiger partial charge in [0.25, 0.3) is 11.8 Å². The Morgan fingerprint density at radius 2 is 1.35 bits per heavy atom. The molecule has 2 aliphatic rings. The minimum atomic E-state index is -0.759. The minimum absolute atomic E-state index is 0.0563. The molecule has 2 fully saturated rings. The van der Waals surface area contributed by atoms with Crippen LogP contribution in [0.3, 0.4) is 0 Å². The number of halogens is 4. The molecule has 2 aliphatic heterocycles. The number of carbonyl (C=O) groups is 2. The summed E-state index contributed by atoms with van der Waals surface area (Å²) in [6, 6.07) is 12.0. The van der Waals surface area contributed by atoms with Crippen LogP contribution >= 0.6 is 0 Å². The van der Waals surface area contributed by atoms with Crippen LogP contribution in [0.1, 0.15) is 75.8 Å². The summed E-state index contributed by atoms with van der Waals surface area (Å²) >= 11 is 0. The molecule has 54 heavy (non-hydrogen) atoms. The number of nitrogens with zero attached hydrogens (tertiary/aromatic N) is 8. The predicted octanol–water partition coefficient (Wildman–Crippen LogP) is 6.76. The molecule has 2 saturated heterocycles. The SMILES string of the molecule is Cc1oncc1C(=O)N1CCC[C@H](c2nc(-c3ccc(F)cc3F)no2)C1.O=C(c1ccc(F)nc1)N1CCC[C@H](c2nc(-c3ccccc3F)no2)C1. The van der Waals surface area contributed by atoms with Gasteiger partial charge in [0, 0.05) is 38.4 Å². The van der Waals surface area contributed by atoms with Gasteiger partial charge in [-0.05, 0) is 69.0 Å². The van der Waals surface area contributed by atoms with Crippen molar-refractivity contribution in [2.75, 3.05) is 26.2 Å². The molecule has 278 valence electrons. The van der Waals surface area contributed by atoms with Gasteiger partial charge in [-0.1, -0.05) is 27.6 Å². The molecule has 0 unspecified atom stereocenters. The lowest BCUT2D eigenvalue weighted by Gasteiger charge is -2.31. The highest BCUT2D eigenvalue weighted by Crippen LogP contribution is 2.31. The Morgan fingerprint density at radius 3 is 1.93 bits per heavy atom. The van der Waals surface area contributed by atoms with Gasteiger partial charge in [0.15, 0.2) is 0 Å². The van der Waals surface area contributed by atoms with E-state index >= 15 is 0 Å². The summed E-state index contributed by atoms with van der Waals surface area (Å²) in [5, 5.41) is 11.3. The standard InChI is InChI=1S/C19H16F2N4O2.C18H16F2N4O3/c20-15-6-2-1-5-14(15)17-23-18(27-24-17)13-4-3-9-25(11-13)19(26)12-7-8-16(21)22-10-12;1-10-14(8-21-26-10)18(25)24-6-2-3-11(9-24)17-22-16(23-27-17)13-5-4-12(19)7-15(13)20/h1-2,5-8,10,13H,3-4,9,11H2;4-5,7-8,11H,2-3,6,9H2,1H3/t13-;11-/m00/s1. The van der Waals surface area contributed by atoms with Crippen molar-refractivity contribution in [1.82, 2.24) is 40.2 Å². The van der Waals surface area contributed by atoms with Gasteiger partial charge in [0.05, 0.1) is 34.7 Å². The molecule has 0 N–H and O–H groups in total. The highest BCUT2D eigenvalue weighted by Gasteiger charge is 2.32. The van der Waals surface area contributed by atoms with E-state index in [1.54, 1.807) is 34.9 Å². The van der Waals surface area contributed by atoms with Crippen LogP contribution in [0.4, 0.5) is 17.6 Å². The van der Waals surface area contributed by atoms with Gasteiger partial charge >= 0.3 is 0 Å². The number of benzene rings is 2. The molecule has 2 atom stereocenters. The first-order valence-electron chi connectivity index (χ1n) is 17.1. The van der Waals surface area contributed by atoms with Gasteiger partial charge < -0.3 is 23.4 Å². The van der Waals surface area contributed by atoms with Gasteiger partial charge in [-0.3, -0.25) is 9.59 Å². The maximum absolute atomic E-state index is 13.9. The van der Waals surface area contributed by atoms with Crippen LogP contribution in [-0.2, 0) is 0 Å². The molecule has 6 heterocycles. The number of rotatable bonds is 6. The zero-order chi connectivity index (χ0) is 37.8. The molecule has 8 rings (SSSR count). The van der Waals surface area contributed by atoms with Crippen LogP contribution in [0.2, 0.25) is 0 Å². The van der Waals surface area contributed by atoms with E-state index in [0.29, 0.717) is 54.8 Å². The molecule has 13 nitrogen and oxygen atoms in total. The van der Waals surface area contributed by atoms with Gasteiger partial charge in [-0.2, -0.15) is 14.4 Å². The quantitative estimate of drug-likeness (QED) is 0.131. The summed E-state index contributed by atoms with van der Waals surface area (Å²) in [6.07, 6.45) is 5.71. The highest BCUT2D eigenvalue weighted by atomic mass is 19.1. The van der Waals surface area contributed by atoms with E-state index in [1.807, 2.05) is 0 Å². The van der Waals surface area contributed by atoms with Crippen molar-refractivity contribution >= 4 is 11.8 Å². The number of hydrogen-bond donors (Lipinski definition) is 0. The summed E-state index contributed by atoms with van der Waals surface area (Å²) in [7, 11) is 0. The molecule has 2 aromatic carbocycles. The lowest BCUT2D eigenvalue weighted by Crippen LogP contribution is -2.39. The molecule has 0 saturated carbocycles. The average molecular weight is 745 g/mol. The normalized spacial score (nSPS) is 17.2. The average Bonchev–Trinajstić information content (AvgIpc) is 3.97. The number of aromatic nitrogens is 6. The third kappa shape index (κ3) is 7.89. The number of pyridine rings is 1. The largest absolute Gasteiger partial charge is 0.361 e. The van der Waals surface area contributed by atoms with Crippen LogP contribution < -0.4 is 0 Å². The van der Waals surface area contributed by atoms with Crippen molar-refractivity contribution in [3.8, 4) is 22.8 Å². The van der Waals surface area contributed by atoms with E-state index in [0.717, 1.165) is 43.9 Å². The predicted molar refractivity (Wildman–Crippen MR) is 181 cm³/mol. The minimum Gasteiger partial charge on any atom is -0.361 e. The maximum Gasteiger partial charge on any atom is 0.259 e. The second-order valence-corrected chi connectivity index (χ2v) is 12.9. The number of aryl methyl sites for hydroxylation is 1. The summed E-state index contributed by atoms with van der Waals surface area (Å²) in [5.41, 5.74) is 1.09. The second-order valence-electron chi connectivity index (χ2n) is 12.9. The Morgan fingerprint density at radius 1 is 0.722 bits per heavy atom. The van der Waals surface area contributed by atoms with Gasteiger partial charge in [0.1, 0.15) is 28.8 Å². The van der Waals surface area contributed by atoms with Gasteiger partial charge in [-0.25, -0.2) is 18.2 Å². The Balaban J connectivity index is 0.000000167. The molecule has 2 amide bonds. The molecule has 0 radical (unpaired) electrons. The van der Waals surface area contributed by atoms with Crippen LogP contribution in [0, 0.1) is 30.3 Å². The number of carbonyl (C=O) groups excluding carboxylic acids is 2. The third-order valence-electron chi connectivity index (χ3n) is 9.24. The molecule has 6 aromatic rings. The van der Waals surface area contributed by atoms with Crippen LogP contribution in [-0.4, -0.2) is 78.2 Å². The van der Waals surface area contributed by atoms with E-state index in [4.69, 9.17) is 13.6 Å². The Hall–Kier alpha value is -6.26. The first-order valence-corrected chi connectivity index (χ1v) is 17.1. The second kappa shape index (κ2) is 15.8. The zero-order valence-electron chi connectivity index (χ0n) is 28.8. The molecule has 0 spiro atoms. The lowest BCUT2D eigenvalue weighted by atomic mass is 9.97.